The van der Waals surface area contributed by atoms with Crippen molar-refractivity contribution in [3.63, 3.8) is 0 Å². The molecule has 1 aliphatic rings. The van der Waals surface area contributed by atoms with Gasteiger partial charge in [-0.1, -0.05) is 0 Å². The molecule has 0 spiro atoms. The van der Waals surface area contributed by atoms with Crippen LogP contribution in [0.4, 0.5) is 14.5 Å². The van der Waals surface area contributed by atoms with Crippen LogP contribution in [-0.2, 0) is 0 Å². The maximum atomic E-state index is 13.4. The second-order valence-corrected chi connectivity index (χ2v) is 4.34. The normalized spacial score (nSPS) is 21.5. The van der Waals surface area contributed by atoms with Gasteiger partial charge in [0.05, 0.1) is 5.69 Å². The van der Waals surface area contributed by atoms with Gasteiger partial charge in [0.25, 0.3) is 0 Å². The molecule has 0 aliphatic carbocycles. The van der Waals surface area contributed by atoms with Crippen LogP contribution in [0.25, 0.3) is 0 Å². The van der Waals surface area contributed by atoms with Crippen molar-refractivity contribution < 1.29 is 8.78 Å². The van der Waals surface area contributed by atoms with Gasteiger partial charge >= 0.3 is 0 Å². The van der Waals surface area contributed by atoms with E-state index in [0.717, 1.165) is 25.7 Å². The van der Waals surface area contributed by atoms with Crippen molar-refractivity contribution >= 4 is 5.69 Å². The predicted octanol–water partition coefficient (Wildman–Crippen LogP) is 1.28. The van der Waals surface area contributed by atoms with E-state index in [-0.39, 0.29) is 0 Å². The molecule has 0 amide bonds. The van der Waals surface area contributed by atoms with Gasteiger partial charge in [-0.25, -0.2) is 8.78 Å². The smallest absolute Gasteiger partial charge is 0.149 e. The summed E-state index contributed by atoms with van der Waals surface area (Å²) in [5.74, 6) is -1.10. The van der Waals surface area contributed by atoms with Crippen LogP contribution in [0.1, 0.15) is 0 Å². The number of nitrogens with zero attached hydrogens (tertiary/aromatic N) is 1. The first-order valence-electron chi connectivity index (χ1n) is 5.76. The van der Waals surface area contributed by atoms with E-state index in [2.05, 4.69) is 15.5 Å². The van der Waals surface area contributed by atoms with Gasteiger partial charge < -0.3 is 10.6 Å². The fourth-order valence-corrected chi connectivity index (χ4v) is 1.95. The van der Waals surface area contributed by atoms with Crippen molar-refractivity contribution in [2.75, 3.05) is 38.5 Å². The minimum Gasteiger partial charge on any atom is -0.381 e. The van der Waals surface area contributed by atoms with Crippen LogP contribution in [-0.4, -0.2) is 44.2 Å². The third-order valence-electron chi connectivity index (χ3n) is 3.10. The Balaban J connectivity index is 1.92. The Labute approximate surface area is 99.8 Å². The van der Waals surface area contributed by atoms with E-state index in [9.17, 15) is 8.78 Å². The lowest BCUT2D eigenvalue weighted by molar-refractivity contribution is 0.209. The Morgan fingerprint density at radius 2 is 2.29 bits per heavy atom. The minimum absolute atomic E-state index is 0.327. The molecule has 1 aromatic carbocycles. The third-order valence-corrected chi connectivity index (χ3v) is 3.10. The summed E-state index contributed by atoms with van der Waals surface area (Å²) >= 11 is 0. The number of halogens is 2. The van der Waals surface area contributed by atoms with Crippen LogP contribution in [0.3, 0.4) is 0 Å². The molecule has 0 aromatic heterocycles. The minimum atomic E-state index is -0.551. The molecular formula is C12H17F2N3. The number of nitrogens with one attached hydrogen (secondary N) is 2. The summed E-state index contributed by atoms with van der Waals surface area (Å²) in [7, 11) is 2.05. The Bertz CT molecular complexity index is 384. The highest BCUT2D eigenvalue weighted by Gasteiger charge is 2.18. The highest BCUT2D eigenvalue weighted by Crippen LogP contribution is 2.15. The van der Waals surface area contributed by atoms with Crippen LogP contribution in [0.2, 0.25) is 0 Å². The van der Waals surface area contributed by atoms with E-state index in [1.807, 2.05) is 7.05 Å². The summed E-state index contributed by atoms with van der Waals surface area (Å²) in [5, 5.41) is 6.31. The summed E-state index contributed by atoms with van der Waals surface area (Å²) in [5.41, 5.74) is 0.352. The number of anilines is 1. The summed E-state index contributed by atoms with van der Waals surface area (Å²) in [6.45, 7) is 3.49. The van der Waals surface area contributed by atoms with Crippen molar-refractivity contribution in [2.45, 2.75) is 6.04 Å². The third kappa shape index (κ3) is 3.14. The summed E-state index contributed by atoms with van der Waals surface area (Å²) in [6.07, 6.45) is 0. The molecule has 1 fully saturated rings. The van der Waals surface area contributed by atoms with E-state index in [1.165, 1.54) is 12.1 Å². The molecule has 1 unspecified atom stereocenters. The van der Waals surface area contributed by atoms with Gasteiger partial charge in [0.15, 0.2) is 0 Å². The molecule has 1 aromatic rings. The molecule has 2 N–H and O–H groups in total. The molecule has 1 aliphatic heterocycles. The van der Waals surface area contributed by atoms with Crippen LogP contribution in [0.15, 0.2) is 18.2 Å². The Morgan fingerprint density at radius 3 is 3.00 bits per heavy atom. The van der Waals surface area contributed by atoms with E-state index in [1.54, 1.807) is 0 Å². The lowest BCUT2D eigenvalue weighted by Crippen LogP contribution is -2.52. The first-order chi connectivity index (χ1) is 8.16. The van der Waals surface area contributed by atoms with Crippen LogP contribution in [0, 0.1) is 11.6 Å². The quantitative estimate of drug-likeness (QED) is 0.835. The van der Waals surface area contributed by atoms with Gasteiger partial charge in [-0.3, -0.25) is 4.90 Å². The fraction of sp³-hybridized carbons (Fsp3) is 0.500. The van der Waals surface area contributed by atoms with Crippen molar-refractivity contribution in [1.82, 2.24) is 10.2 Å². The van der Waals surface area contributed by atoms with Crippen LogP contribution < -0.4 is 10.6 Å². The number of likely N-dealkylation sites (N-methyl/N-ethyl adjacent to an activating group) is 1. The highest BCUT2D eigenvalue weighted by molar-refractivity contribution is 5.44. The molecule has 2 rings (SSSR count). The fourth-order valence-electron chi connectivity index (χ4n) is 1.95. The van der Waals surface area contributed by atoms with Crippen molar-refractivity contribution in [3.8, 4) is 0 Å². The molecule has 0 saturated carbocycles. The van der Waals surface area contributed by atoms with Gasteiger partial charge in [-0.2, -0.15) is 0 Å². The van der Waals surface area contributed by atoms with Gasteiger partial charge in [-0.05, 0) is 19.2 Å². The second kappa shape index (κ2) is 5.42. The van der Waals surface area contributed by atoms with Crippen LogP contribution in [0.5, 0.6) is 0 Å². The Hall–Kier alpha value is -1.20. The van der Waals surface area contributed by atoms with E-state index in [0.29, 0.717) is 18.3 Å². The first kappa shape index (κ1) is 12.3. The first-order valence-corrected chi connectivity index (χ1v) is 5.76. The number of hydrogen-bond donors (Lipinski definition) is 2. The average molecular weight is 241 g/mol. The zero-order valence-corrected chi connectivity index (χ0v) is 9.84. The van der Waals surface area contributed by atoms with E-state index < -0.39 is 11.6 Å². The number of hydrogen-bond acceptors (Lipinski definition) is 3. The van der Waals surface area contributed by atoms with Gasteiger partial charge in [-0.15, -0.1) is 0 Å². The zero-order chi connectivity index (χ0) is 12.3. The maximum Gasteiger partial charge on any atom is 0.149 e. The SMILES string of the molecule is CN1CCNCC1CNc1ccc(F)cc1F. The van der Waals surface area contributed by atoms with Crippen LogP contribution >= 0.6 is 0 Å². The highest BCUT2D eigenvalue weighted by atomic mass is 19.1. The topological polar surface area (TPSA) is 27.3 Å². The molecule has 94 valence electrons. The molecule has 0 radical (unpaired) electrons. The summed E-state index contributed by atoms with van der Waals surface area (Å²) < 4.78 is 26.1. The monoisotopic (exact) mass is 241 g/mol. The van der Waals surface area contributed by atoms with Gasteiger partial charge in [0.2, 0.25) is 0 Å². The van der Waals surface area contributed by atoms with Gasteiger partial charge in [0.1, 0.15) is 11.6 Å². The number of piperazine rings is 1. The molecule has 0 bridgehead atoms. The number of benzene rings is 1. The lowest BCUT2D eigenvalue weighted by atomic mass is 10.2. The molecule has 5 heteroatoms. The molecular weight excluding hydrogens is 224 g/mol. The standard InChI is InChI=1S/C12H17F2N3/c1-17-5-4-15-7-10(17)8-16-12-3-2-9(13)6-11(12)14/h2-3,6,10,15-16H,4-5,7-8H2,1H3. The van der Waals surface area contributed by atoms with Crippen molar-refractivity contribution in [1.29, 1.82) is 0 Å². The predicted molar refractivity (Wildman–Crippen MR) is 64.1 cm³/mol. The average Bonchev–Trinajstić information content (AvgIpc) is 2.30. The lowest BCUT2D eigenvalue weighted by Gasteiger charge is -2.33. The molecule has 1 atom stereocenters. The molecule has 17 heavy (non-hydrogen) atoms. The summed E-state index contributed by atoms with van der Waals surface area (Å²) in [4.78, 5) is 2.23. The van der Waals surface area contributed by atoms with Crippen molar-refractivity contribution in [2.24, 2.45) is 0 Å². The van der Waals surface area contributed by atoms with E-state index >= 15 is 0 Å². The summed E-state index contributed by atoms with van der Waals surface area (Å²) in [6, 6.07) is 3.91. The largest absolute Gasteiger partial charge is 0.381 e. The van der Waals surface area contributed by atoms with Crippen molar-refractivity contribution in [3.05, 3.63) is 29.8 Å². The number of rotatable bonds is 3. The molecule has 1 saturated heterocycles. The van der Waals surface area contributed by atoms with E-state index in [4.69, 9.17) is 0 Å². The zero-order valence-electron chi connectivity index (χ0n) is 9.84. The molecule has 3 nitrogen and oxygen atoms in total. The Kier molecular flexibility index (Phi) is 3.91. The Morgan fingerprint density at radius 1 is 1.47 bits per heavy atom. The maximum absolute atomic E-state index is 13.4. The second-order valence-electron chi connectivity index (χ2n) is 4.34. The molecule has 1 heterocycles. The van der Waals surface area contributed by atoms with Gasteiger partial charge in [0, 0.05) is 38.3 Å².